The summed E-state index contributed by atoms with van der Waals surface area (Å²) in [5.74, 6) is -2.83. The van der Waals surface area contributed by atoms with Gasteiger partial charge in [0.25, 0.3) is 11.8 Å². The number of halogens is 3. The van der Waals surface area contributed by atoms with E-state index in [0.29, 0.717) is 10.7 Å². The van der Waals surface area contributed by atoms with E-state index in [1.807, 2.05) is 0 Å². The first-order chi connectivity index (χ1) is 14.3. The maximum atomic E-state index is 13.9. The lowest BCUT2D eigenvalue weighted by Gasteiger charge is -2.37. The summed E-state index contributed by atoms with van der Waals surface area (Å²) in [5, 5.41) is 5.37. The van der Waals surface area contributed by atoms with Crippen LogP contribution in [0.1, 0.15) is 0 Å². The average molecular weight is 433 g/mol. The van der Waals surface area contributed by atoms with Gasteiger partial charge in [0.1, 0.15) is 17.7 Å². The number of rotatable bonds is 3. The Kier molecular flexibility index (Phi) is 4.90. The number of nitrogens with one attached hydrogen (secondary N) is 2. The van der Waals surface area contributed by atoms with E-state index in [0.717, 1.165) is 23.1 Å². The highest BCUT2D eigenvalue weighted by molar-refractivity contribution is 6.30. The van der Waals surface area contributed by atoms with Gasteiger partial charge in [-0.05, 0) is 36.4 Å². The molecule has 154 valence electrons. The molecule has 4 rings (SSSR count). The Balaban J connectivity index is 1.58. The molecule has 0 aromatic heterocycles. The highest BCUT2D eigenvalue weighted by atomic mass is 35.5. The molecule has 2 aromatic carbocycles. The number of hydrogen-bond acceptors (Lipinski definition) is 4. The van der Waals surface area contributed by atoms with Gasteiger partial charge in [-0.1, -0.05) is 11.6 Å². The number of nitrogens with zero attached hydrogens (tertiary/aromatic N) is 2. The van der Waals surface area contributed by atoms with Crippen molar-refractivity contribution < 1.29 is 23.2 Å². The van der Waals surface area contributed by atoms with Crippen LogP contribution in [0.3, 0.4) is 0 Å². The second kappa shape index (κ2) is 7.42. The van der Waals surface area contributed by atoms with Gasteiger partial charge in [0, 0.05) is 24.3 Å². The Labute approximate surface area is 174 Å². The summed E-state index contributed by atoms with van der Waals surface area (Å²) in [6.45, 7) is 0. The predicted molar refractivity (Wildman–Crippen MR) is 106 cm³/mol. The molecule has 4 amide bonds. The van der Waals surface area contributed by atoms with Crippen LogP contribution < -0.4 is 15.5 Å². The third-order valence-corrected chi connectivity index (χ3v) is 5.16. The second-order valence-electron chi connectivity index (χ2n) is 6.85. The largest absolute Gasteiger partial charge is 0.366 e. The molecule has 0 radical (unpaired) electrons. The molecule has 7 nitrogen and oxygen atoms in total. The highest BCUT2D eigenvalue weighted by Gasteiger charge is 2.49. The average Bonchev–Trinajstić information content (AvgIpc) is 3.02. The predicted octanol–water partition coefficient (Wildman–Crippen LogP) is 2.88. The number of benzene rings is 2. The molecule has 0 saturated carbocycles. The molecule has 30 heavy (non-hydrogen) atoms. The fourth-order valence-corrected chi connectivity index (χ4v) is 3.64. The lowest BCUT2D eigenvalue weighted by molar-refractivity contribution is -0.122. The van der Waals surface area contributed by atoms with E-state index in [1.54, 1.807) is 19.2 Å². The number of hydrogen-bond donors (Lipinski definition) is 2. The van der Waals surface area contributed by atoms with Crippen molar-refractivity contribution in [1.82, 2.24) is 10.2 Å². The molecule has 0 aliphatic carbocycles. The van der Waals surface area contributed by atoms with Gasteiger partial charge in [-0.25, -0.2) is 18.5 Å². The lowest BCUT2D eigenvalue weighted by atomic mass is 9.99. The van der Waals surface area contributed by atoms with E-state index < -0.39 is 41.6 Å². The van der Waals surface area contributed by atoms with E-state index >= 15 is 0 Å². The van der Waals surface area contributed by atoms with Crippen molar-refractivity contribution in [3.8, 4) is 0 Å². The van der Waals surface area contributed by atoms with Gasteiger partial charge in [0.15, 0.2) is 0 Å². The summed E-state index contributed by atoms with van der Waals surface area (Å²) in [6, 6.07) is 6.27. The van der Waals surface area contributed by atoms with Gasteiger partial charge >= 0.3 is 6.03 Å². The number of imide groups is 1. The Bertz CT molecular complexity index is 1090. The number of fused-ring (bicyclic) bond motifs is 1. The van der Waals surface area contributed by atoms with Crippen molar-refractivity contribution in [2.24, 2.45) is 0 Å². The van der Waals surface area contributed by atoms with Crippen LogP contribution in [0, 0.1) is 11.6 Å². The number of amides is 4. The second-order valence-corrected chi connectivity index (χ2v) is 7.29. The molecule has 10 heteroatoms. The Morgan fingerprint density at radius 1 is 1.13 bits per heavy atom. The zero-order valence-corrected chi connectivity index (χ0v) is 16.3. The van der Waals surface area contributed by atoms with Crippen molar-refractivity contribution in [3.05, 3.63) is 70.9 Å². The molecule has 2 atom stereocenters. The summed E-state index contributed by atoms with van der Waals surface area (Å²) in [6.07, 6.45) is 1.39. The fraction of sp³-hybridized carbons (Fsp3) is 0.150. The topological polar surface area (TPSA) is 81.8 Å². The van der Waals surface area contributed by atoms with Crippen LogP contribution >= 0.6 is 11.6 Å². The fourth-order valence-electron chi connectivity index (χ4n) is 3.51. The summed E-state index contributed by atoms with van der Waals surface area (Å²) >= 11 is 5.86. The van der Waals surface area contributed by atoms with Gasteiger partial charge in [-0.3, -0.25) is 9.59 Å². The highest BCUT2D eigenvalue weighted by Crippen LogP contribution is 2.30. The van der Waals surface area contributed by atoms with E-state index in [9.17, 15) is 23.2 Å². The molecule has 2 aliphatic rings. The zero-order valence-electron chi connectivity index (χ0n) is 15.5. The van der Waals surface area contributed by atoms with Gasteiger partial charge in [-0.15, -0.1) is 0 Å². The molecular formula is C20H15ClF2N4O3. The summed E-state index contributed by atoms with van der Waals surface area (Å²) < 4.78 is 27.2. The van der Waals surface area contributed by atoms with Crippen LogP contribution in [0.15, 0.2) is 54.2 Å². The smallest absolute Gasteiger partial charge is 0.329 e. The standard InChI is InChI=1S/C20H15ClF2N4O3/c1-26-9-13(18(28)24-15-8-11(22)4-7-14(15)23)16-17(26)19(29)27(20(30)25-16)12-5-2-10(21)3-6-12/h2-9,16-17H,1H3,(H,24,28)(H,25,30). The monoisotopic (exact) mass is 432 g/mol. The minimum absolute atomic E-state index is 0.0450. The molecule has 1 fully saturated rings. The third-order valence-electron chi connectivity index (χ3n) is 4.91. The van der Waals surface area contributed by atoms with E-state index in [4.69, 9.17) is 11.6 Å². The van der Waals surface area contributed by atoms with Gasteiger partial charge < -0.3 is 15.5 Å². The third kappa shape index (κ3) is 3.37. The van der Waals surface area contributed by atoms with Crippen LogP contribution in [0.5, 0.6) is 0 Å². The first-order valence-electron chi connectivity index (χ1n) is 8.86. The van der Waals surface area contributed by atoms with Crippen LogP contribution in [-0.4, -0.2) is 41.9 Å². The minimum Gasteiger partial charge on any atom is -0.366 e. The van der Waals surface area contributed by atoms with Crippen molar-refractivity contribution >= 4 is 40.8 Å². The molecule has 2 N–H and O–H groups in total. The van der Waals surface area contributed by atoms with Gasteiger partial charge in [0.2, 0.25) is 0 Å². The molecule has 2 heterocycles. The van der Waals surface area contributed by atoms with Crippen LogP contribution in [0.2, 0.25) is 5.02 Å². The summed E-state index contributed by atoms with van der Waals surface area (Å²) in [4.78, 5) is 40.8. The SMILES string of the molecule is CN1C=C(C(=O)Nc2cc(F)ccc2F)C2NC(=O)N(c3ccc(Cl)cc3)C(=O)C21. The first-order valence-corrected chi connectivity index (χ1v) is 9.24. The molecule has 1 saturated heterocycles. The number of carbonyl (C=O) groups is 3. The Morgan fingerprint density at radius 3 is 2.53 bits per heavy atom. The van der Waals surface area contributed by atoms with Crippen molar-refractivity contribution in [3.63, 3.8) is 0 Å². The van der Waals surface area contributed by atoms with Crippen molar-refractivity contribution in [2.45, 2.75) is 12.1 Å². The number of carbonyl (C=O) groups excluding carboxylic acids is 3. The summed E-state index contributed by atoms with van der Waals surface area (Å²) in [5.41, 5.74) is 0.0281. The Hall–Kier alpha value is -3.46. The lowest BCUT2D eigenvalue weighted by Crippen LogP contribution is -2.65. The molecule has 2 unspecified atom stereocenters. The number of anilines is 2. The summed E-state index contributed by atoms with van der Waals surface area (Å²) in [7, 11) is 1.58. The van der Waals surface area contributed by atoms with E-state index in [1.165, 1.54) is 23.2 Å². The van der Waals surface area contributed by atoms with Crippen molar-refractivity contribution in [2.75, 3.05) is 17.3 Å². The van der Waals surface area contributed by atoms with E-state index in [-0.39, 0.29) is 11.3 Å². The van der Waals surface area contributed by atoms with Crippen molar-refractivity contribution in [1.29, 1.82) is 0 Å². The van der Waals surface area contributed by atoms with Crippen LogP contribution in [-0.2, 0) is 9.59 Å². The molecular weight excluding hydrogens is 418 g/mol. The molecule has 0 spiro atoms. The molecule has 2 aromatic rings. The molecule has 2 aliphatic heterocycles. The Morgan fingerprint density at radius 2 is 1.83 bits per heavy atom. The molecule has 0 bridgehead atoms. The zero-order chi connectivity index (χ0) is 21.6. The normalized spacial score (nSPS) is 20.6. The van der Waals surface area contributed by atoms with Crippen LogP contribution in [0.4, 0.5) is 25.0 Å². The number of urea groups is 1. The van der Waals surface area contributed by atoms with Gasteiger partial charge in [0.05, 0.1) is 23.0 Å². The van der Waals surface area contributed by atoms with Gasteiger partial charge in [-0.2, -0.15) is 0 Å². The maximum Gasteiger partial charge on any atom is 0.329 e. The quantitative estimate of drug-likeness (QED) is 0.781. The minimum atomic E-state index is -0.949. The maximum absolute atomic E-state index is 13.9. The van der Waals surface area contributed by atoms with E-state index in [2.05, 4.69) is 10.6 Å². The first kappa shape index (κ1) is 19.8. The number of likely N-dealkylation sites (N-methyl/N-ethyl adjacent to an activating group) is 1. The van der Waals surface area contributed by atoms with Crippen LogP contribution in [0.25, 0.3) is 0 Å².